The number of halogens is 1. The van der Waals surface area contributed by atoms with E-state index >= 15 is 0 Å². The minimum Gasteiger partial charge on any atom is -0.375 e. The molecule has 3 rings (SSSR count). The number of benzene rings is 1. The fourth-order valence-corrected chi connectivity index (χ4v) is 4.41. The average molecular weight is 395 g/mol. The maximum atomic E-state index is 11.6. The minimum atomic E-state index is -0.00804. The quantitative estimate of drug-likeness (QED) is 0.666. The van der Waals surface area contributed by atoms with Crippen molar-refractivity contribution in [1.29, 1.82) is 0 Å². The molecular weight excluding hydrogens is 364 g/mol. The smallest absolute Gasteiger partial charge is 0.248 e. The molecule has 2 saturated heterocycles. The van der Waals surface area contributed by atoms with Crippen molar-refractivity contribution in [3.63, 3.8) is 0 Å². The van der Waals surface area contributed by atoms with E-state index in [1.165, 1.54) is 5.56 Å². The number of piperidine rings is 1. The monoisotopic (exact) mass is 394 g/mol. The third-order valence-electron chi connectivity index (χ3n) is 5.99. The highest BCUT2D eigenvalue weighted by Gasteiger charge is 2.45. The fourth-order valence-electron chi connectivity index (χ4n) is 4.22. The van der Waals surface area contributed by atoms with E-state index in [0.717, 1.165) is 56.9 Å². The van der Waals surface area contributed by atoms with E-state index in [-0.39, 0.29) is 18.1 Å². The topological polar surface area (TPSA) is 42.0 Å². The number of likely N-dealkylation sites (N-methyl/N-ethyl adjacent to an activating group) is 1. The van der Waals surface area contributed by atoms with E-state index in [1.807, 2.05) is 18.2 Å². The summed E-state index contributed by atoms with van der Waals surface area (Å²) in [6.07, 6.45) is 4.16. The van der Waals surface area contributed by atoms with Crippen molar-refractivity contribution in [1.82, 2.24) is 9.80 Å². The Hall–Kier alpha value is -1.14. The first-order valence-corrected chi connectivity index (χ1v) is 10.3. The number of rotatable bonds is 7. The van der Waals surface area contributed by atoms with Gasteiger partial charge in [0, 0.05) is 52.0 Å². The van der Waals surface area contributed by atoms with Gasteiger partial charge in [-0.25, -0.2) is 0 Å². The van der Waals surface area contributed by atoms with Crippen LogP contribution < -0.4 is 0 Å². The van der Waals surface area contributed by atoms with Crippen LogP contribution in [0.2, 0.25) is 5.02 Å². The Labute approximate surface area is 167 Å². The van der Waals surface area contributed by atoms with Gasteiger partial charge in [-0.3, -0.25) is 9.69 Å². The highest BCUT2D eigenvalue weighted by molar-refractivity contribution is 6.31. The van der Waals surface area contributed by atoms with E-state index in [0.29, 0.717) is 12.5 Å². The van der Waals surface area contributed by atoms with Crippen LogP contribution in [0.3, 0.4) is 0 Å². The SMILES string of the molecule is CN(C)C(=O)COCCC1CCOC12CCN(Cc1ccccc1Cl)CC2. The lowest BCUT2D eigenvalue weighted by Gasteiger charge is -2.42. The molecule has 0 aliphatic carbocycles. The molecule has 0 N–H and O–H groups in total. The zero-order valence-corrected chi connectivity index (χ0v) is 17.2. The zero-order valence-electron chi connectivity index (χ0n) is 16.5. The molecule has 2 heterocycles. The number of hydrogen-bond acceptors (Lipinski definition) is 4. The Kier molecular flexibility index (Phi) is 7.15. The van der Waals surface area contributed by atoms with Crippen LogP contribution in [0.4, 0.5) is 0 Å². The van der Waals surface area contributed by atoms with Crippen molar-refractivity contribution in [3.8, 4) is 0 Å². The zero-order chi connectivity index (χ0) is 19.3. The molecule has 1 amide bonds. The molecular formula is C21H31ClN2O3. The Morgan fingerprint density at radius 2 is 2.07 bits per heavy atom. The van der Waals surface area contributed by atoms with Gasteiger partial charge in [0.2, 0.25) is 5.91 Å². The Morgan fingerprint density at radius 1 is 1.33 bits per heavy atom. The lowest BCUT2D eigenvalue weighted by molar-refractivity contribution is -0.133. The van der Waals surface area contributed by atoms with Crippen molar-refractivity contribution in [3.05, 3.63) is 34.9 Å². The molecule has 2 aliphatic heterocycles. The molecule has 2 fully saturated rings. The molecule has 0 aromatic heterocycles. The van der Waals surface area contributed by atoms with Crippen LogP contribution in [0.5, 0.6) is 0 Å². The van der Waals surface area contributed by atoms with Gasteiger partial charge in [0.05, 0.1) is 5.60 Å². The summed E-state index contributed by atoms with van der Waals surface area (Å²) in [5.41, 5.74) is 1.18. The van der Waals surface area contributed by atoms with Crippen molar-refractivity contribution in [2.45, 2.75) is 37.8 Å². The first-order valence-electron chi connectivity index (χ1n) is 9.88. The average Bonchev–Trinajstić information content (AvgIpc) is 3.04. The summed E-state index contributed by atoms with van der Waals surface area (Å²) >= 11 is 6.31. The summed E-state index contributed by atoms with van der Waals surface area (Å²) in [6, 6.07) is 8.08. The van der Waals surface area contributed by atoms with Gasteiger partial charge in [-0.15, -0.1) is 0 Å². The van der Waals surface area contributed by atoms with Crippen molar-refractivity contribution >= 4 is 17.5 Å². The largest absolute Gasteiger partial charge is 0.375 e. The van der Waals surface area contributed by atoms with Crippen molar-refractivity contribution in [2.24, 2.45) is 5.92 Å². The number of carbonyl (C=O) groups excluding carboxylic acids is 1. The molecule has 0 saturated carbocycles. The summed E-state index contributed by atoms with van der Waals surface area (Å²) in [5, 5.41) is 0.845. The summed E-state index contributed by atoms with van der Waals surface area (Å²) in [4.78, 5) is 15.6. The number of carbonyl (C=O) groups is 1. The molecule has 150 valence electrons. The maximum Gasteiger partial charge on any atom is 0.248 e. The molecule has 1 aromatic rings. The van der Waals surface area contributed by atoms with Crippen molar-refractivity contribution in [2.75, 3.05) is 47.0 Å². The van der Waals surface area contributed by atoms with E-state index in [2.05, 4.69) is 11.0 Å². The van der Waals surface area contributed by atoms with Gasteiger partial charge in [-0.1, -0.05) is 29.8 Å². The third kappa shape index (κ3) is 5.23. The van der Waals surface area contributed by atoms with E-state index in [4.69, 9.17) is 21.1 Å². The highest BCUT2D eigenvalue weighted by atomic mass is 35.5. The lowest BCUT2D eigenvalue weighted by Crippen LogP contribution is -2.47. The summed E-state index contributed by atoms with van der Waals surface area (Å²) < 4.78 is 11.8. The predicted octanol–water partition coefficient (Wildman–Crippen LogP) is 3.21. The van der Waals surface area contributed by atoms with Gasteiger partial charge in [-0.05, 0) is 43.2 Å². The molecule has 6 heteroatoms. The molecule has 0 radical (unpaired) electrons. The second kappa shape index (κ2) is 9.37. The van der Waals surface area contributed by atoms with Crippen LogP contribution in [0, 0.1) is 5.92 Å². The molecule has 5 nitrogen and oxygen atoms in total. The molecule has 1 atom stereocenters. The lowest BCUT2D eigenvalue weighted by atomic mass is 9.78. The number of nitrogens with zero attached hydrogens (tertiary/aromatic N) is 2. The van der Waals surface area contributed by atoms with Crippen LogP contribution >= 0.6 is 11.6 Å². The summed E-state index contributed by atoms with van der Waals surface area (Å²) in [6.45, 7) is 4.59. The second-order valence-corrected chi connectivity index (χ2v) is 8.30. The van der Waals surface area contributed by atoms with E-state index in [1.54, 1.807) is 19.0 Å². The third-order valence-corrected chi connectivity index (χ3v) is 6.36. The molecule has 1 unspecified atom stereocenters. The minimum absolute atomic E-state index is 0.00804. The summed E-state index contributed by atoms with van der Waals surface area (Å²) in [5.74, 6) is 0.537. The maximum absolute atomic E-state index is 11.6. The Balaban J connectivity index is 1.46. The molecule has 0 bridgehead atoms. The number of likely N-dealkylation sites (tertiary alicyclic amines) is 1. The molecule has 2 aliphatic rings. The van der Waals surface area contributed by atoms with Gasteiger partial charge in [0.1, 0.15) is 6.61 Å². The number of hydrogen-bond donors (Lipinski definition) is 0. The van der Waals surface area contributed by atoms with Gasteiger partial charge in [0.15, 0.2) is 0 Å². The fraction of sp³-hybridized carbons (Fsp3) is 0.667. The van der Waals surface area contributed by atoms with Crippen LogP contribution in [-0.2, 0) is 20.8 Å². The van der Waals surface area contributed by atoms with Crippen LogP contribution in [0.1, 0.15) is 31.2 Å². The predicted molar refractivity (Wildman–Crippen MR) is 107 cm³/mol. The molecule has 1 aromatic carbocycles. The Bertz CT molecular complexity index is 630. The van der Waals surface area contributed by atoms with E-state index < -0.39 is 0 Å². The van der Waals surface area contributed by atoms with Crippen molar-refractivity contribution < 1.29 is 14.3 Å². The van der Waals surface area contributed by atoms with Gasteiger partial charge >= 0.3 is 0 Å². The number of ether oxygens (including phenoxy) is 2. The van der Waals surface area contributed by atoms with Crippen LogP contribution in [0.25, 0.3) is 0 Å². The standard InChI is InChI=1S/C21H31ClN2O3/c1-23(2)20(25)16-26-13-7-18-8-14-27-21(18)9-11-24(12-10-21)15-17-5-3-4-6-19(17)22/h3-6,18H,7-16H2,1-2H3. The highest BCUT2D eigenvalue weighted by Crippen LogP contribution is 2.42. The van der Waals surface area contributed by atoms with Gasteiger partial charge in [0.25, 0.3) is 0 Å². The molecule has 1 spiro atoms. The summed E-state index contributed by atoms with van der Waals surface area (Å²) in [7, 11) is 3.50. The van der Waals surface area contributed by atoms with Gasteiger partial charge < -0.3 is 14.4 Å². The normalized spacial score (nSPS) is 22.3. The van der Waals surface area contributed by atoms with Crippen LogP contribution in [-0.4, -0.2) is 68.3 Å². The number of amides is 1. The van der Waals surface area contributed by atoms with Crippen LogP contribution in [0.15, 0.2) is 24.3 Å². The van der Waals surface area contributed by atoms with E-state index in [9.17, 15) is 4.79 Å². The first kappa shape index (κ1) is 20.6. The molecule has 27 heavy (non-hydrogen) atoms. The Morgan fingerprint density at radius 3 is 2.78 bits per heavy atom. The first-order chi connectivity index (χ1) is 13.0. The van der Waals surface area contributed by atoms with Gasteiger partial charge in [-0.2, -0.15) is 0 Å². The second-order valence-electron chi connectivity index (χ2n) is 7.90.